The van der Waals surface area contributed by atoms with E-state index in [1.54, 1.807) is 0 Å². The number of pyridine rings is 1. The Hall–Kier alpha value is -1.00. The Bertz CT molecular complexity index is 514. The van der Waals surface area contributed by atoms with Crippen LogP contribution in [0.5, 0.6) is 0 Å². The normalized spacial score (nSPS) is 20.2. The van der Waals surface area contributed by atoms with Crippen LogP contribution in [0.1, 0.15) is 24.2 Å². The zero-order valence-electron chi connectivity index (χ0n) is 9.80. The molecule has 2 aromatic rings. The molecular formula is C13H17N3S. The summed E-state index contributed by atoms with van der Waals surface area (Å²) in [4.78, 5) is 4.54. The van der Waals surface area contributed by atoms with Crippen LogP contribution in [0.3, 0.4) is 0 Å². The van der Waals surface area contributed by atoms with Gasteiger partial charge in [-0.3, -0.25) is 0 Å². The van der Waals surface area contributed by atoms with Gasteiger partial charge in [0.2, 0.25) is 0 Å². The van der Waals surface area contributed by atoms with Crippen LogP contribution in [0.2, 0.25) is 0 Å². The molecule has 2 N–H and O–H groups in total. The lowest BCUT2D eigenvalue weighted by molar-refractivity contribution is 0.743. The Morgan fingerprint density at radius 1 is 1.53 bits per heavy atom. The molecule has 1 aliphatic heterocycles. The van der Waals surface area contributed by atoms with Crippen LogP contribution < -0.4 is 5.73 Å². The fraction of sp³-hybridized carbons (Fsp3) is 0.462. The first-order valence-electron chi connectivity index (χ1n) is 6.13. The zero-order chi connectivity index (χ0) is 11.7. The van der Waals surface area contributed by atoms with Gasteiger partial charge in [-0.25, -0.2) is 4.98 Å². The molecule has 0 amide bonds. The van der Waals surface area contributed by atoms with Crippen LogP contribution in [-0.2, 0) is 13.0 Å². The number of hydrogen-bond acceptors (Lipinski definition) is 3. The van der Waals surface area contributed by atoms with E-state index in [9.17, 15) is 0 Å². The predicted molar refractivity (Wildman–Crippen MR) is 72.3 cm³/mol. The van der Waals surface area contributed by atoms with E-state index >= 15 is 0 Å². The van der Waals surface area contributed by atoms with Crippen molar-refractivity contribution in [3.8, 4) is 0 Å². The molecule has 0 aromatic carbocycles. The van der Waals surface area contributed by atoms with Crippen molar-refractivity contribution in [1.29, 1.82) is 0 Å². The summed E-state index contributed by atoms with van der Waals surface area (Å²) in [6, 6.07) is 4.21. The summed E-state index contributed by atoms with van der Waals surface area (Å²) in [6.07, 6.45) is 7.82. The van der Waals surface area contributed by atoms with Crippen LogP contribution >= 0.6 is 11.8 Å². The molecule has 1 aliphatic rings. The van der Waals surface area contributed by atoms with Crippen LogP contribution in [0, 0.1) is 0 Å². The summed E-state index contributed by atoms with van der Waals surface area (Å²) in [6.45, 7) is 0.593. The highest BCUT2D eigenvalue weighted by atomic mass is 32.2. The number of nitrogens with zero attached hydrogens (tertiary/aromatic N) is 2. The summed E-state index contributed by atoms with van der Waals surface area (Å²) in [5.41, 5.74) is 7.97. The number of rotatable bonds is 3. The van der Waals surface area contributed by atoms with E-state index in [-0.39, 0.29) is 0 Å². The van der Waals surface area contributed by atoms with Gasteiger partial charge in [-0.05, 0) is 36.3 Å². The SMILES string of the molecule is NCc1ccn2c(CC3CCCS3)ncc2c1. The third-order valence-corrected chi connectivity index (χ3v) is 4.74. The fourth-order valence-corrected chi connectivity index (χ4v) is 3.66. The van der Waals surface area contributed by atoms with Crippen molar-refractivity contribution in [3.05, 3.63) is 35.9 Å². The molecule has 1 saturated heterocycles. The molecule has 1 fully saturated rings. The maximum atomic E-state index is 5.65. The minimum Gasteiger partial charge on any atom is -0.326 e. The molecule has 0 spiro atoms. The van der Waals surface area contributed by atoms with Crippen molar-refractivity contribution in [2.45, 2.75) is 31.1 Å². The largest absolute Gasteiger partial charge is 0.326 e. The third-order valence-electron chi connectivity index (χ3n) is 3.34. The van der Waals surface area contributed by atoms with Crippen LogP contribution in [0.4, 0.5) is 0 Å². The molecule has 3 nitrogen and oxygen atoms in total. The van der Waals surface area contributed by atoms with Crippen molar-refractivity contribution in [2.24, 2.45) is 5.73 Å². The zero-order valence-corrected chi connectivity index (χ0v) is 10.6. The molecule has 3 rings (SSSR count). The first kappa shape index (κ1) is 11.1. The molecule has 0 bridgehead atoms. The summed E-state index contributed by atoms with van der Waals surface area (Å²) >= 11 is 2.08. The number of thioether (sulfide) groups is 1. The minimum atomic E-state index is 0.593. The molecule has 1 unspecified atom stereocenters. The lowest BCUT2D eigenvalue weighted by Gasteiger charge is -2.07. The topological polar surface area (TPSA) is 43.3 Å². The number of fused-ring (bicyclic) bond motifs is 1. The van der Waals surface area contributed by atoms with Crippen LogP contribution in [0.25, 0.3) is 5.52 Å². The predicted octanol–water partition coefficient (Wildman–Crippen LogP) is 2.23. The summed E-state index contributed by atoms with van der Waals surface area (Å²) in [7, 11) is 0. The lowest BCUT2D eigenvalue weighted by Crippen LogP contribution is -2.06. The van der Waals surface area contributed by atoms with E-state index in [0.29, 0.717) is 6.54 Å². The van der Waals surface area contributed by atoms with Crippen LogP contribution in [0.15, 0.2) is 24.5 Å². The Labute approximate surface area is 105 Å². The second-order valence-electron chi connectivity index (χ2n) is 4.55. The van der Waals surface area contributed by atoms with Gasteiger partial charge >= 0.3 is 0 Å². The molecule has 2 aromatic heterocycles. The highest BCUT2D eigenvalue weighted by molar-refractivity contribution is 8.00. The maximum absolute atomic E-state index is 5.65. The smallest absolute Gasteiger partial charge is 0.114 e. The monoisotopic (exact) mass is 247 g/mol. The van der Waals surface area contributed by atoms with Gasteiger partial charge in [-0.15, -0.1) is 0 Å². The first-order valence-corrected chi connectivity index (χ1v) is 7.18. The van der Waals surface area contributed by atoms with Crippen molar-refractivity contribution < 1.29 is 0 Å². The highest BCUT2D eigenvalue weighted by Crippen LogP contribution is 2.28. The van der Waals surface area contributed by atoms with E-state index in [1.807, 2.05) is 6.20 Å². The maximum Gasteiger partial charge on any atom is 0.114 e. The van der Waals surface area contributed by atoms with Crippen molar-refractivity contribution in [1.82, 2.24) is 9.38 Å². The Balaban J connectivity index is 1.89. The second-order valence-corrected chi connectivity index (χ2v) is 5.96. The summed E-state index contributed by atoms with van der Waals surface area (Å²) in [5, 5.41) is 0.759. The van der Waals surface area contributed by atoms with Gasteiger partial charge in [0.1, 0.15) is 5.82 Å². The molecule has 90 valence electrons. The van der Waals surface area contributed by atoms with Crippen molar-refractivity contribution >= 4 is 17.3 Å². The number of imidazole rings is 1. The average Bonchev–Trinajstić information content (AvgIpc) is 2.99. The van der Waals surface area contributed by atoms with E-state index < -0.39 is 0 Å². The molecule has 4 heteroatoms. The lowest BCUT2D eigenvalue weighted by atomic mass is 10.2. The van der Waals surface area contributed by atoms with Gasteiger partial charge in [0.15, 0.2) is 0 Å². The van der Waals surface area contributed by atoms with Gasteiger partial charge in [0.25, 0.3) is 0 Å². The Kier molecular flexibility index (Phi) is 3.07. The fourth-order valence-electron chi connectivity index (χ4n) is 2.39. The van der Waals surface area contributed by atoms with Gasteiger partial charge in [0, 0.05) is 24.4 Å². The number of aromatic nitrogens is 2. The minimum absolute atomic E-state index is 0.593. The van der Waals surface area contributed by atoms with Crippen LogP contribution in [-0.4, -0.2) is 20.4 Å². The first-order chi connectivity index (χ1) is 8.36. The second kappa shape index (κ2) is 4.70. The molecule has 0 radical (unpaired) electrons. The Morgan fingerprint density at radius 2 is 2.47 bits per heavy atom. The molecule has 17 heavy (non-hydrogen) atoms. The van der Waals surface area contributed by atoms with Crippen molar-refractivity contribution in [2.75, 3.05) is 5.75 Å². The number of nitrogens with two attached hydrogens (primary N) is 1. The van der Waals surface area contributed by atoms with E-state index in [1.165, 1.54) is 30.0 Å². The summed E-state index contributed by atoms with van der Waals surface area (Å²) < 4.78 is 2.19. The molecular weight excluding hydrogens is 230 g/mol. The standard InChI is InChI=1S/C13H17N3S/c14-8-10-3-4-16-11(6-10)9-15-13(16)7-12-2-1-5-17-12/h3-4,6,9,12H,1-2,5,7-8,14H2. The molecule has 1 atom stereocenters. The van der Waals surface area contributed by atoms with E-state index in [4.69, 9.17) is 5.73 Å². The highest BCUT2D eigenvalue weighted by Gasteiger charge is 2.18. The van der Waals surface area contributed by atoms with Crippen molar-refractivity contribution in [3.63, 3.8) is 0 Å². The van der Waals surface area contributed by atoms with Gasteiger partial charge in [-0.1, -0.05) is 0 Å². The summed E-state index contributed by atoms with van der Waals surface area (Å²) in [5.74, 6) is 2.49. The van der Waals surface area contributed by atoms with Gasteiger partial charge in [0.05, 0.1) is 11.7 Å². The van der Waals surface area contributed by atoms with Gasteiger partial charge in [-0.2, -0.15) is 11.8 Å². The quantitative estimate of drug-likeness (QED) is 0.904. The third kappa shape index (κ3) is 2.19. The van der Waals surface area contributed by atoms with Gasteiger partial charge < -0.3 is 10.1 Å². The average molecular weight is 247 g/mol. The molecule has 0 saturated carbocycles. The Morgan fingerprint density at radius 3 is 3.24 bits per heavy atom. The molecule has 0 aliphatic carbocycles. The number of hydrogen-bond donors (Lipinski definition) is 1. The van der Waals surface area contributed by atoms with E-state index in [2.05, 4.69) is 39.5 Å². The van der Waals surface area contributed by atoms with E-state index in [0.717, 1.165) is 17.2 Å². The molecule has 3 heterocycles.